The second-order valence-corrected chi connectivity index (χ2v) is 5.81. The van der Waals surface area contributed by atoms with Gasteiger partial charge in [0.25, 0.3) is 0 Å². The van der Waals surface area contributed by atoms with Crippen LogP contribution in [0.15, 0.2) is 12.2 Å². The Balaban J connectivity index is 1.87. The summed E-state index contributed by atoms with van der Waals surface area (Å²) in [7, 11) is 1.37. The van der Waals surface area contributed by atoms with Crippen molar-refractivity contribution in [3.05, 3.63) is 12.2 Å². The van der Waals surface area contributed by atoms with Crippen LogP contribution in [0.5, 0.6) is 0 Å². The lowest BCUT2D eigenvalue weighted by molar-refractivity contribution is -0.191. The van der Waals surface area contributed by atoms with E-state index in [2.05, 4.69) is 6.58 Å². The number of carbonyl (C=O) groups excluding carboxylic acids is 1. The minimum Gasteiger partial charge on any atom is -0.466 e. The Morgan fingerprint density at radius 1 is 1.05 bits per heavy atom. The molecule has 2 rings (SSSR count). The van der Waals surface area contributed by atoms with Gasteiger partial charge in [-0.05, 0) is 25.7 Å². The van der Waals surface area contributed by atoms with E-state index in [0.29, 0.717) is 12.0 Å². The molecule has 0 aromatic heterocycles. The Kier molecular flexibility index (Phi) is 6.05. The van der Waals surface area contributed by atoms with Crippen LogP contribution < -0.4 is 0 Å². The molecule has 0 unspecified atom stereocenters. The summed E-state index contributed by atoms with van der Waals surface area (Å²) in [5, 5.41) is 0. The van der Waals surface area contributed by atoms with Gasteiger partial charge in [0.1, 0.15) is 0 Å². The van der Waals surface area contributed by atoms with Crippen molar-refractivity contribution in [1.29, 1.82) is 0 Å². The Bertz CT molecular complexity index is 309. The fourth-order valence-electron chi connectivity index (χ4n) is 3.04. The first-order valence-corrected chi connectivity index (χ1v) is 7.76. The van der Waals surface area contributed by atoms with Crippen LogP contribution in [-0.4, -0.2) is 31.6 Å². The van der Waals surface area contributed by atoms with Crippen LogP contribution in [-0.2, 0) is 19.0 Å². The highest BCUT2D eigenvalue weighted by atomic mass is 16.7. The molecular formula is C16H26O4. The second kappa shape index (κ2) is 7.79. The van der Waals surface area contributed by atoms with Crippen molar-refractivity contribution in [1.82, 2.24) is 0 Å². The summed E-state index contributed by atoms with van der Waals surface area (Å²) >= 11 is 0. The van der Waals surface area contributed by atoms with Gasteiger partial charge in [-0.3, -0.25) is 0 Å². The highest BCUT2D eigenvalue weighted by Crippen LogP contribution is 2.28. The molecule has 2 fully saturated rings. The van der Waals surface area contributed by atoms with Crippen molar-refractivity contribution >= 4 is 5.97 Å². The molecule has 0 aliphatic heterocycles. The third-order valence-corrected chi connectivity index (χ3v) is 4.18. The van der Waals surface area contributed by atoms with Crippen LogP contribution in [0, 0.1) is 0 Å². The molecule has 0 aromatic rings. The molecule has 2 aliphatic carbocycles. The monoisotopic (exact) mass is 282 g/mol. The molecule has 0 aromatic carbocycles. The van der Waals surface area contributed by atoms with E-state index < -0.39 is 0 Å². The minimum atomic E-state index is -0.375. The molecule has 0 spiro atoms. The number of rotatable bonds is 7. The fraction of sp³-hybridized carbons (Fsp3) is 0.812. The van der Waals surface area contributed by atoms with Gasteiger partial charge in [-0.15, -0.1) is 0 Å². The van der Waals surface area contributed by atoms with Crippen molar-refractivity contribution < 1.29 is 19.0 Å². The van der Waals surface area contributed by atoms with Crippen molar-refractivity contribution in [3.63, 3.8) is 0 Å². The zero-order valence-corrected chi connectivity index (χ0v) is 12.4. The van der Waals surface area contributed by atoms with Crippen LogP contribution in [0.3, 0.4) is 0 Å². The van der Waals surface area contributed by atoms with Gasteiger partial charge < -0.3 is 14.2 Å². The summed E-state index contributed by atoms with van der Waals surface area (Å²) in [6, 6.07) is 0. The van der Waals surface area contributed by atoms with Crippen LogP contribution in [0.25, 0.3) is 0 Å². The standard InChI is InChI=1S/C16H26O4/c1-12(16(17)18-2)11-15(19-13-7-3-4-8-13)20-14-9-5-6-10-14/h13-15H,1,3-11H2,2H3. The molecular weight excluding hydrogens is 256 g/mol. The maximum atomic E-state index is 11.5. The van der Waals surface area contributed by atoms with Gasteiger partial charge in [0, 0.05) is 12.0 Å². The predicted octanol–water partition coefficient (Wildman–Crippen LogP) is 3.35. The summed E-state index contributed by atoms with van der Waals surface area (Å²) in [5.74, 6) is -0.375. The number of carbonyl (C=O) groups is 1. The highest BCUT2D eigenvalue weighted by Gasteiger charge is 2.27. The summed E-state index contributed by atoms with van der Waals surface area (Å²) < 4.78 is 16.8. The van der Waals surface area contributed by atoms with E-state index in [9.17, 15) is 4.79 Å². The molecule has 0 bridgehead atoms. The molecule has 4 heteroatoms. The first kappa shape index (κ1) is 15.5. The minimum absolute atomic E-state index is 0.270. The lowest BCUT2D eigenvalue weighted by Gasteiger charge is -2.25. The summed E-state index contributed by atoms with van der Waals surface area (Å²) in [4.78, 5) is 11.5. The van der Waals surface area contributed by atoms with E-state index >= 15 is 0 Å². The van der Waals surface area contributed by atoms with E-state index in [1.807, 2.05) is 0 Å². The van der Waals surface area contributed by atoms with Crippen molar-refractivity contribution in [2.75, 3.05) is 7.11 Å². The third-order valence-electron chi connectivity index (χ3n) is 4.18. The van der Waals surface area contributed by atoms with Gasteiger partial charge in [-0.1, -0.05) is 32.3 Å². The average Bonchev–Trinajstić information content (AvgIpc) is 3.11. The number of esters is 1. The zero-order valence-electron chi connectivity index (χ0n) is 12.4. The van der Waals surface area contributed by atoms with Crippen molar-refractivity contribution in [2.45, 2.75) is 76.3 Å². The van der Waals surface area contributed by atoms with Gasteiger partial charge in [0.2, 0.25) is 0 Å². The Morgan fingerprint density at radius 3 is 1.90 bits per heavy atom. The van der Waals surface area contributed by atoms with Gasteiger partial charge in [-0.2, -0.15) is 0 Å². The summed E-state index contributed by atoms with van der Waals surface area (Å²) in [6.45, 7) is 3.78. The van der Waals surface area contributed by atoms with Crippen LogP contribution in [0.2, 0.25) is 0 Å². The largest absolute Gasteiger partial charge is 0.466 e. The van der Waals surface area contributed by atoms with Gasteiger partial charge in [-0.25, -0.2) is 4.79 Å². The third kappa shape index (κ3) is 4.60. The summed E-state index contributed by atoms with van der Waals surface area (Å²) in [5.41, 5.74) is 0.425. The van der Waals surface area contributed by atoms with Gasteiger partial charge >= 0.3 is 5.97 Å². The maximum absolute atomic E-state index is 11.5. The number of ether oxygens (including phenoxy) is 3. The zero-order chi connectivity index (χ0) is 14.4. The molecule has 0 heterocycles. The molecule has 114 valence electrons. The highest BCUT2D eigenvalue weighted by molar-refractivity contribution is 5.87. The number of methoxy groups -OCH3 is 1. The first-order chi connectivity index (χ1) is 9.69. The van der Waals surface area contributed by atoms with Gasteiger partial charge in [0.05, 0.1) is 19.3 Å². The maximum Gasteiger partial charge on any atom is 0.333 e. The van der Waals surface area contributed by atoms with E-state index in [1.54, 1.807) is 0 Å². The van der Waals surface area contributed by atoms with E-state index in [0.717, 1.165) is 25.7 Å². The normalized spacial score (nSPS) is 20.7. The number of hydrogen-bond acceptors (Lipinski definition) is 4. The Morgan fingerprint density at radius 2 is 1.50 bits per heavy atom. The first-order valence-electron chi connectivity index (χ1n) is 7.76. The molecule has 2 aliphatic rings. The molecule has 0 N–H and O–H groups in total. The molecule has 4 nitrogen and oxygen atoms in total. The molecule has 2 saturated carbocycles. The second-order valence-electron chi connectivity index (χ2n) is 5.81. The fourth-order valence-corrected chi connectivity index (χ4v) is 3.04. The lowest BCUT2D eigenvalue weighted by atomic mass is 10.2. The SMILES string of the molecule is C=C(CC(OC1CCCC1)OC1CCCC1)C(=O)OC. The van der Waals surface area contributed by atoms with E-state index in [-0.39, 0.29) is 24.5 Å². The average molecular weight is 282 g/mol. The van der Waals surface area contributed by atoms with Gasteiger partial charge in [0.15, 0.2) is 6.29 Å². The molecule has 0 radical (unpaired) electrons. The Hall–Kier alpha value is -0.870. The van der Waals surface area contributed by atoms with Crippen LogP contribution >= 0.6 is 0 Å². The smallest absolute Gasteiger partial charge is 0.333 e. The number of hydrogen-bond donors (Lipinski definition) is 0. The van der Waals surface area contributed by atoms with Crippen LogP contribution in [0.4, 0.5) is 0 Å². The van der Waals surface area contributed by atoms with Crippen molar-refractivity contribution in [3.8, 4) is 0 Å². The quantitative estimate of drug-likeness (QED) is 0.408. The molecule has 0 atom stereocenters. The van der Waals surface area contributed by atoms with Crippen molar-refractivity contribution in [2.24, 2.45) is 0 Å². The molecule has 20 heavy (non-hydrogen) atoms. The molecule has 0 saturated heterocycles. The summed E-state index contributed by atoms with van der Waals surface area (Å²) in [6.07, 6.45) is 9.84. The van der Waals surface area contributed by atoms with E-state index in [1.165, 1.54) is 32.8 Å². The van der Waals surface area contributed by atoms with E-state index in [4.69, 9.17) is 14.2 Å². The lowest BCUT2D eigenvalue weighted by Crippen LogP contribution is -2.28. The molecule has 0 amide bonds. The van der Waals surface area contributed by atoms with Crippen LogP contribution in [0.1, 0.15) is 57.8 Å². The topological polar surface area (TPSA) is 44.8 Å². The predicted molar refractivity (Wildman–Crippen MR) is 76.2 cm³/mol. The Labute approximate surface area is 121 Å².